The Morgan fingerprint density at radius 3 is 2.72 bits per heavy atom. The van der Waals surface area contributed by atoms with Crippen LogP contribution in [0.3, 0.4) is 0 Å². The van der Waals surface area contributed by atoms with Crippen molar-refractivity contribution in [2.75, 3.05) is 0 Å². The molecular weight excluding hydrogens is 248 g/mol. The summed E-state index contributed by atoms with van der Waals surface area (Å²) in [5, 5.41) is 9.32. The second kappa shape index (κ2) is 4.37. The quantitative estimate of drug-likeness (QED) is 0.859. The number of fused-ring (bicyclic) bond motifs is 1. The van der Waals surface area contributed by atoms with Gasteiger partial charge in [-0.1, -0.05) is 18.5 Å². The van der Waals surface area contributed by atoms with Crippen molar-refractivity contribution in [3.63, 3.8) is 0 Å². The summed E-state index contributed by atoms with van der Waals surface area (Å²) < 4.78 is 2.13. The summed E-state index contributed by atoms with van der Waals surface area (Å²) in [5.74, 6) is 2.27. The van der Waals surface area contributed by atoms with Gasteiger partial charge in [-0.3, -0.25) is 0 Å². The molecule has 0 saturated carbocycles. The second-order valence-corrected chi connectivity index (χ2v) is 5.33. The van der Waals surface area contributed by atoms with Crippen LogP contribution in [0.4, 0.5) is 0 Å². The van der Waals surface area contributed by atoms with Crippen molar-refractivity contribution < 1.29 is 0 Å². The van der Waals surface area contributed by atoms with E-state index in [0.717, 1.165) is 35.2 Å². The van der Waals surface area contributed by atoms with E-state index in [-0.39, 0.29) is 6.04 Å². The summed E-state index contributed by atoms with van der Waals surface area (Å²) in [5.41, 5.74) is 7.10. The van der Waals surface area contributed by atoms with E-state index in [2.05, 4.69) is 21.7 Å². The fourth-order valence-corrected chi connectivity index (χ4v) is 2.67. The number of nitrogens with two attached hydrogens (primary N) is 1. The maximum Gasteiger partial charge on any atom is 0.164 e. The smallest absolute Gasteiger partial charge is 0.164 e. The zero-order valence-corrected chi connectivity index (χ0v) is 10.9. The molecule has 18 heavy (non-hydrogen) atoms. The number of hydrogen-bond acceptors (Lipinski definition) is 3. The van der Waals surface area contributed by atoms with Gasteiger partial charge in [0, 0.05) is 29.1 Å². The molecule has 2 atom stereocenters. The summed E-state index contributed by atoms with van der Waals surface area (Å²) >= 11 is 5.90. The van der Waals surface area contributed by atoms with E-state index in [1.54, 1.807) is 0 Å². The van der Waals surface area contributed by atoms with Gasteiger partial charge in [0.05, 0.1) is 0 Å². The van der Waals surface area contributed by atoms with Gasteiger partial charge in [0.15, 0.2) is 5.82 Å². The lowest BCUT2D eigenvalue weighted by Gasteiger charge is -2.25. The van der Waals surface area contributed by atoms with Gasteiger partial charge in [0.1, 0.15) is 5.82 Å². The minimum atomic E-state index is 0.176. The highest BCUT2D eigenvalue weighted by Crippen LogP contribution is 2.29. The van der Waals surface area contributed by atoms with Crippen molar-refractivity contribution >= 4 is 11.6 Å². The molecule has 2 unspecified atom stereocenters. The molecule has 0 fully saturated rings. The molecule has 4 nitrogen and oxygen atoms in total. The number of aromatic nitrogens is 3. The average Bonchev–Trinajstić information content (AvgIpc) is 2.74. The summed E-state index contributed by atoms with van der Waals surface area (Å²) in [7, 11) is 0. The molecule has 2 heterocycles. The van der Waals surface area contributed by atoms with Gasteiger partial charge in [-0.2, -0.15) is 0 Å². The van der Waals surface area contributed by atoms with Gasteiger partial charge in [-0.25, -0.2) is 0 Å². The number of hydrogen-bond donors (Lipinski definition) is 1. The van der Waals surface area contributed by atoms with E-state index in [0.29, 0.717) is 5.92 Å². The molecule has 0 bridgehead atoms. The van der Waals surface area contributed by atoms with Crippen LogP contribution in [0, 0.1) is 0 Å². The molecule has 0 aliphatic carbocycles. The predicted octanol–water partition coefficient (Wildman–Crippen LogP) is 2.43. The lowest BCUT2D eigenvalue weighted by molar-refractivity contribution is 0.409. The van der Waals surface area contributed by atoms with Crippen molar-refractivity contribution in [2.24, 2.45) is 5.73 Å². The van der Waals surface area contributed by atoms with E-state index in [1.165, 1.54) is 0 Å². The number of benzene rings is 1. The third kappa shape index (κ3) is 1.91. The molecule has 1 aliphatic heterocycles. The average molecular weight is 263 g/mol. The van der Waals surface area contributed by atoms with Crippen molar-refractivity contribution in [3.8, 4) is 11.4 Å². The fourth-order valence-electron chi connectivity index (χ4n) is 2.54. The van der Waals surface area contributed by atoms with Crippen LogP contribution in [0.15, 0.2) is 24.3 Å². The van der Waals surface area contributed by atoms with Gasteiger partial charge in [-0.05, 0) is 30.7 Å². The fraction of sp³-hybridized carbons (Fsp3) is 0.385. The van der Waals surface area contributed by atoms with Gasteiger partial charge in [0.2, 0.25) is 0 Å². The molecule has 1 aromatic heterocycles. The maximum absolute atomic E-state index is 6.07. The lowest BCUT2D eigenvalue weighted by Crippen LogP contribution is -2.33. The first-order valence-corrected chi connectivity index (χ1v) is 6.47. The van der Waals surface area contributed by atoms with Gasteiger partial charge < -0.3 is 10.3 Å². The Morgan fingerprint density at radius 2 is 2.00 bits per heavy atom. The largest absolute Gasteiger partial charge is 0.326 e. The molecule has 2 aromatic rings. The summed E-state index contributed by atoms with van der Waals surface area (Å²) in [6.07, 6.45) is 0.971. The standard InChI is InChI=1S/C13H15ClN4/c1-8-6-11(15)7-18-12(8)16-17-13(18)9-2-4-10(14)5-3-9/h2-5,8,11H,6-7,15H2,1H3. The molecule has 3 rings (SSSR count). The molecular formula is C13H15ClN4. The highest BCUT2D eigenvalue weighted by molar-refractivity contribution is 6.30. The Labute approximate surface area is 111 Å². The molecule has 1 aromatic carbocycles. The van der Waals surface area contributed by atoms with Crippen LogP contribution in [0.2, 0.25) is 5.02 Å². The van der Waals surface area contributed by atoms with Crippen LogP contribution in [0.1, 0.15) is 25.1 Å². The third-order valence-electron chi connectivity index (χ3n) is 3.40. The molecule has 2 N–H and O–H groups in total. The van der Waals surface area contributed by atoms with E-state index < -0.39 is 0 Å². The van der Waals surface area contributed by atoms with Crippen LogP contribution in [0.25, 0.3) is 11.4 Å². The molecule has 0 radical (unpaired) electrons. The Kier molecular flexibility index (Phi) is 2.84. The van der Waals surface area contributed by atoms with E-state index >= 15 is 0 Å². The topological polar surface area (TPSA) is 56.7 Å². The highest BCUT2D eigenvalue weighted by Gasteiger charge is 2.26. The minimum Gasteiger partial charge on any atom is -0.326 e. The van der Waals surface area contributed by atoms with Crippen molar-refractivity contribution in [1.82, 2.24) is 14.8 Å². The lowest BCUT2D eigenvalue weighted by atomic mass is 9.97. The highest BCUT2D eigenvalue weighted by atomic mass is 35.5. The van der Waals surface area contributed by atoms with Gasteiger partial charge in [0.25, 0.3) is 0 Å². The number of halogens is 1. The minimum absolute atomic E-state index is 0.176. The third-order valence-corrected chi connectivity index (χ3v) is 3.65. The summed E-state index contributed by atoms with van der Waals surface area (Å²) in [4.78, 5) is 0. The van der Waals surface area contributed by atoms with Gasteiger partial charge in [-0.15, -0.1) is 10.2 Å². The molecule has 0 spiro atoms. The number of rotatable bonds is 1. The Balaban J connectivity index is 2.06. The normalized spacial score (nSPS) is 22.8. The first kappa shape index (κ1) is 11.7. The van der Waals surface area contributed by atoms with E-state index in [4.69, 9.17) is 17.3 Å². The van der Waals surface area contributed by atoms with Crippen LogP contribution >= 0.6 is 11.6 Å². The first-order chi connectivity index (χ1) is 8.65. The Hall–Kier alpha value is -1.39. The second-order valence-electron chi connectivity index (χ2n) is 4.90. The molecule has 5 heteroatoms. The zero-order valence-electron chi connectivity index (χ0n) is 10.2. The van der Waals surface area contributed by atoms with E-state index in [9.17, 15) is 0 Å². The van der Waals surface area contributed by atoms with Crippen molar-refractivity contribution in [2.45, 2.75) is 31.8 Å². The van der Waals surface area contributed by atoms with Crippen LogP contribution in [-0.4, -0.2) is 20.8 Å². The first-order valence-electron chi connectivity index (χ1n) is 6.10. The predicted molar refractivity (Wildman–Crippen MR) is 71.5 cm³/mol. The van der Waals surface area contributed by atoms with Crippen LogP contribution in [-0.2, 0) is 6.54 Å². The monoisotopic (exact) mass is 262 g/mol. The van der Waals surface area contributed by atoms with Crippen molar-refractivity contribution in [3.05, 3.63) is 35.1 Å². The SMILES string of the molecule is CC1CC(N)Cn2c(-c3ccc(Cl)cc3)nnc21. The molecule has 0 amide bonds. The Morgan fingerprint density at radius 1 is 1.28 bits per heavy atom. The van der Waals surface area contributed by atoms with E-state index in [1.807, 2.05) is 24.3 Å². The number of nitrogens with zero attached hydrogens (tertiary/aromatic N) is 3. The molecule has 94 valence electrons. The summed E-state index contributed by atoms with van der Waals surface area (Å²) in [6, 6.07) is 7.83. The maximum atomic E-state index is 6.07. The van der Waals surface area contributed by atoms with Crippen molar-refractivity contribution in [1.29, 1.82) is 0 Å². The van der Waals surface area contributed by atoms with Crippen LogP contribution in [0.5, 0.6) is 0 Å². The van der Waals surface area contributed by atoms with Gasteiger partial charge >= 0.3 is 0 Å². The van der Waals surface area contributed by atoms with Crippen LogP contribution < -0.4 is 5.73 Å². The Bertz CT molecular complexity index is 561. The summed E-state index contributed by atoms with van der Waals surface area (Å²) in [6.45, 7) is 2.93. The molecule has 0 saturated heterocycles. The molecule has 1 aliphatic rings. The zero-order chi connectivity index (χ0) is 12.7.